The van der Waals surface area contributed by atoms with E-state index in [2.05, 4.69) is 20.5 Å². The van der Waals surface area contributed by atoms with Gasteiger partial charge in [-0.2, -0.15) is 0 Å². The van der Waals surface area contributed by atoms with Crippen LogP contribution in [0.2, 0.25) is 0 Å². The zero-order valence-electron chi connectivity index (χ0n) is 13.3. The fourth-order valence-corrected chi connectivity index (χ4v) is 3.67. The number of amides is 1. The third-order valence-corrected chi connectivity index (χ3v) is 5.53. The van der Waals surface area contributed by atoms with Crippen molar-refractivity contribution in [3.63, 3.8) is 0 Å². The first-order valence-electron chi connectivity index (χ1n) is 7.40. The second-order valence-electron chi connectivity index (χ2n) is 5.19. The molecule has 1 amide bonds. The molecular formula is C16H17N5OS2. The first kappa shape index (κ1) is 16.7. The Balaban J connectivity index is 1.59. The van der Waals surface area contributed by atoms with Crippen molar-refractivity contribution < 1.29 is 4.79 Å². The van der Waals surface area contributed by atoms with E-state index in [1.165, 1.54) is 11.8 Å². The summed E-state index contributed by atoms with van der Waals surface area (Å²) in [7, 11) is 1.89. The van der Waals surface area contributed by atoms with E-state index in [1.54, 1.807) is 23.7 Å². The van der Waals surface area contributed by atoms with E-state index < -0.39 is 0 Å². The van der Waals surface area contributed by atoms with Gasteiger partial charge in [-0.3, -0.25) is 9.78 Å². The van der Waals surface area contributed by atoms with Crippen LogP contribution in [-0.2, 0) is 11.8 Å². The van der Waals surface area contributed by atoms with Crippen LogP contribution in [0.15, 0.2) is 47.2 Å². The number of pyridine rings is 1. The second kappa shape index (κ2) is 7.59. The summed E-state index contributed by atoms with van der Waals surface area (Å²) in [6.45, 7) is 1.98. The minimum absolute atomic E-state index is 0.0185. The van der Waals surface area contributed by atoms with E-state index in [1.807, 2.05) is 48.2 Å². The molecule has 0 fully saturated rings. The lowest BCUT2D eigenvalue weighted by Crippen LogP contribution is -2.27. The average molecular weight is 359 g/mol. The highest BCUT2D eigenvalue weighted by Gasteiger charge is 2.14. The molecular weight excluding hydrogens is 342 g/mol. The molecule has 0 aliphatic rings. The molecule has 0 aromatic carbocycles. The number of hydrogen-bond acceptors (Lipinski definition) is 6. The third-order valence-electron chi connectivity index (χ3n) is 3.45. The molecule has 3 aromatic heterocycles. The predicted molar refractivity (Wildman–Crippen MR) is 95.8 cm³/mol. The first-order chi connectivity index (χ1) is 11.6. The molecule has 1 N–H and O–H groups in total. The molecule has 0 saturated carbocycles. The zero-order chi connectivity index (χ0) is 16.9. The van der Waals surface area contributed by atoms with Gasteiger partial charge in [-0.1, -0.05) is 17.8 Å². The van der Waals surface area contributed by atoms with Gasteiger partial charge < -0.3 is 9.88 Å². The maximum absolute atomic E-state index is 12.1. The summed E-state index contributed by atoms with van der Waals surface area (Å²) in [4.78, 5) is 17.3. The van der Waals surface area contributed by atoms with E-state index in [0.29, 0.717) is 10.9 Å². The second-order valence-corrected chi connectivity index (χ2v) is 7.12. The number of thioether (sulfide) groups is 1. The molecule has 6 nitrogen and oxygen atoms in total. The molecule has 0 aliphatic carbocycles. The molecule has 0 saturated heterocycles. The lowest BCUT2D eigenvalue weighted by molar-refractivity contribution is -0.119. The maximum Gasteiger partial charge on any atom is 0.230 e. The van der Waals surface area contributed by atoms with Crippen LogP contribution in [0.25, 0.3) is 11.4 Å². The monoisotopic (exact) mass is 359 g/mol. The lowest BCUT2D eigenvalue weighted by Gasteiger charge is -2.11. The number of nitrogens with one attached hydrogen (secondary N) is 1. The first-order valence-corrected chi connectivity index (χ1v) is 9.27. The van der Waals surface area contributed by atoms with Crippen LogP contribution in [0, 0.1) is 0 Å². The summed E-state index contributed by atoms with van der Waals surface area (Å²) in [5, 5.41) is 14.1. The van der Waals surface area contributed by atoms with Gasteiger partial charge in [0.2, 0.25) is 5.91 Å². The quantitative estimate of drug-likeness (QED) is 0.685. The van der Waals surface area contributed by atoms with Gasteiger partial charge in [0.1, 0.15) is 0 Å². The highest BCUT2D eigenvalue weighted by molar-refractivity contribution is 7.99. The summed E-state index contributed by atoms with van der Waals surface area (Å²) < 4.78 is 1.88. The van der Waals surface area contributed by atoms with Crippen LogP contribution >= 0.6 is 23.1 Å². The molecule has 124 valence electrons. The molecule has 24 heavy (non-hydrogen) atoms. The van der Waals surface area contributed by atoms with E-state index in [0.717, 1.165) is 16.3 Å². The fraction of sp³-hybridized carbons (Fsp3) is 0.250. The van der Waals surface area contributed by atoms with Crippen LogP contribution in [0.1, 0.15) is 17.8 Å². The van der Waals surface area contributed by atoms with Crippen LogP contribution in [-0.4, -0.2) is 31.4 Å². The zero-order valence-corrected chi connectivity index (χ0v) is 15.0. The van der Waals surface area contributed by atoms with Crippen molar-refractivity contribution in [3.8, 4) is 11.4 Å². The molecule has 0 radical (unpaired) electrons. The number of carbonyl (C=O) groups excluding carboxylic acids is 1. The van der Waals surface area contributed by atoms with E-state index in [-0.39, 0.29) is 11.9 Å². The summed E-state index contributed by atoms with van der Waals surface area (Å²) in [5.41, 5.74) is 0.947. The van der Waals surface area contributed by atoms with Gasteiger partial charge in [-0.05, 0) is 30.5 Å². The summed E-state index contributed by atoms with van der Waals surface area (Å²) in [6.07, 6.45) is 3.44. The SMILES string of the molecule is C[C@@H](NC(=O)CSc1nnc(-c2ccncc2)n1C)c1cccs1. The maximum atomic E-state index is 12.1. The fourth-order valence-electron chi connectivity index (χ4n) is 2.21. The molecule has 1 atom stereocenters. The molecule has 0 unspecified atom stereocenters. The molecule has 0 spiro atoms. The highest BCUT2D eigenvalue weighted by Crippen LogP contribution is 2.22. The van der Waals surface area contributed by atoms with Crippen LogP contribution in [0.4, 0.5) is 0 Å². The Labute approximate surface area is 148 Å². The molecule has 8 heteroatoms. The standard InChI is InChI=1S/C16H17N5OS2/c1-11(13-4-3-9-23-13)18-14(22)10-24-16-20-19-15(21(16)2)12-5-7-17-8-6-12/h3-9,11H,10H2,1-2H3,(H,18,22)/t11-/m1/s1. The number of hydrogen-bond donors (Lipinski definition) is 1. The highest BCUT2D eigenvalue weighted by atomic mass is 32.2. The number of aromatic nitrogens is 4. The largest absolute Gasteiger partial charge is 0.348 e. The number of nitrogens with zero attached hydrogens (tertiary/aromatic N) is 4. The van der Waals surface area contributed by atoms with Crippen molar-refractivity contribution in [2.45, 2.75) is 18.1 Å². The predicted octanol–water partition coefficient (Wildman–Crippen LogP) is 2.91. The number of carbonyl (C=O) groups is 1. The lowest BCUT2D eigenvalue weighted by atomic mass is 10.2. The van der Waals surface area contributed by atoms with Gasteiger partial charge in [-0.25, -0.2) is 0 Å². The van der Waals surface area contributed by atoms with Crippen molar-refractivity contribution in [1.82, 2.24) is 25.1 Å². The van der Waals surface area contributed by atoms with E-state index in [4.69, 9.17) is 0 Å². The van der Waals surface area contributed by atoms with Crippen LogP contribution in [0.3, 0.4) is 0 Å². The number of rotatable bonds is 6. The van der Waals surface area contributed by atoms with Gasteiger partial charge in [0.15, 0.2) is 11.0 Å². The summed E-state index contributed by atoms with van der Waals surface area (Å²) >= 11 is 3.01. The Morgan fingerprint density at radius 1 is 1.33 bits per heavy atom. The van der Waals surface area contributed by atoms with E-state index >= 15 is 0 Å². The third kappa shape index (κ3) is 3.82. The topological polar surface area (TPSA) is 72.7 Å². The smallest absolute Gasteiger partial charge is 0.230 e. The van der Waals surface area contributed by atoms with Crippen molar-refractivity contribution >= 4 is 29.0 Å². The molecule has 3 rings (SSSR count). The van der Waals surface area contributed by atoms with Gasteiger partial charge in [0, 0.05) is 29.9 Å². The van der Waals surface area contributed by atoms with Crippen LogP contribution in [0.5, 0.6) is 0 Å². The Bertz CT molecular complexity index is 801. The van der Waals surface area contributed by atoms with Gasteiger partial charge in [0.05, 0.1) is 11.8 Å². The van der Waals surface area contributed by atoms with Gasteiger partial charge in [-0.15, -0.1) is 21.5 Å². The van der Waals surface area contributed by atoms with Crippen LogP contribution < -0.4 is 5.32 Å². The van der Waals surface area contributed by atoms with Gasteiger partial charge >= 0.3 is 0 Å². The molecule has 3 aromatic rings. The van der Waals surface area contributed by atoms with E-state index in [9.17, 15) is 4.79 Å². The minimum atomic E-state index is -0.0191. The Hall–Kier alpha value is -2.19. The van der Waals surface area contributed by atoms with Crippen molar-refractivity contribution in [2.24, 2.45) is 7.05 Å². The van der Waals surface area contributed by atoms with Crippen molar-refractivity contribution in [1.29, 1.82) is 0 Å². The molecule has 0 bridgehead atoms. The van der Waals surface area contributed by atoms with Crippen molar-refractivity contribution in [2.75, 3.05) is 5.75 Å². The Morgan fingerprint density at radius 3 is 2.83 bits per heavy atom. The molecule has 0 aliphatic heterocycles. The number of thiophene rings is 1. The van der Waals surface area contributed by atoms with Crippen molar-refractivity contribution in [3.05, 3.63) is 46.9 Å². The van der Waals surface area contributed by atoms with Gasteiger partial charge in [0.25, 0.3) is 0 Å². The summed E-state index contributed by atoms with van der Waals surface area (Å²) in [5.74, 6) is 1.04. The average Bonchev–Trinajstić information content (AvgIpc) is 3.24. The molecule has 3 heterocycles. The Kier molecular flexibility index (Phi) is 5.27. The summed E-state index contributed by atoms with van der Waals surface area (Å²) in [6, 6.07) is 7.79. The normalized spacial score (nSPS) is 12.1. The Morgan fingerprint density at radius 2 is 2.12 bits per heavy atom. The minimum Gasteiger partial charge on any atom is -0.348 e.